The molecule has 4 nitrogen and oxygen atoms in total. The van der Waals surface area contributed by atoms with Crippen molar-refractivity contribution in [1.82, 2.24) is 15.5 Å². The highest BCUT2D eigenvalue weighted by Gasteiger charge is 2.52. The highest BCUT2D eigenvalue weighted by atomic mass is 16.1. The molecule has 3 rings (SSSR count). The van der Waals surface area contributed by atoms with Crippen LogP contribution in [0.4, 0.5) is 0 Å². The van der Waals surface area contributed by atoms with Gasteiger partial charge in [-0.15, -0.1) is 0 Å². The van der Waals surface area contributed by atoms with E-state index in [0.29, 0.717) is 30.3 Å². The van der Waals surface area contributed by atoms with Crippen LogP contribution in [0.2, 0.25) is 0 Å². The van der Waals surface area contributed by atoms with E-state index in [-0.39, 0.29) is 6.04 Å². The third kappa shape index (κ3) is 1.74. The maximum atomic E-state index is 11.9. The molecule has 0 radical (unpaired) electrons. The van der Waals surface area contributed by atoms with Gasteiger partial charge in [-0.1, -0.05) is 6.92 Å². The second-order valence-corrected chi connectivity index (χ2v) is 5.78. The zero-order valence-corrected chi connectivity index (χ0v) is 10.8. The minimum absolute atomic E-state index is 0.158. The van der Waals surface area contributed by atoms with E-state index in [2.05, 4.69) is 22.6 Å². The Kier molecular flexibility index (Phi) is 2.97. The SMILES string of the molecule is CCC(=O)C1CC2C3CNCCC3NC2N1C. The number of ketones is 1. The Morgan fingerprint density at radius 3 is 3.00 bits per heavy atom. The Hall–Kier alpha value is -0.450. The first-order chi connectivity index (χ1) is 8.22. The Bertz CT molecular complexity index is 320. The van der Waals surface area contributed by atoms with E-state index in [0.717, 1.165) is 25.4 Å². The maximum Gasteiger partial charge on any atom is 0.149 e. The maximum absolute atomic E-state index is 11.9. The van der Waals surface area contributed by atoms with Gasteiger partial charge in [0, 0.05) is 12.5 Å². The highest BCUT2D eigenvalue weighted by molar-refractivity contribution is 5.84. The lowest BCUT2D eigenvalue weighted by atomic mass is 9.84. The number of hydrogen-bond donors (Lipinski definition) is 2. The predicted molar refractivity (Wildman–Crippen MR) is 66.6 cm³/mol. The van der Waals surface area contributed by atoms with Crippen LogP contribution in [0.1, 0.15) is 26.2 Å². The van der Waals surface area contributed by atoms with E-state index in [1.165, 1.54) is 6.42 Å². The second kappa shape index (κ2) is 4.34. The first-order valence-corrected chi connectivity index (χ1v) is 6.93. The minimum atomic E-state index is 0.158. The minimum Gasteiger partial charge on any atom is -0.316 e. The summed E-state index contributed by atoms with van der Waals surface area (Å²) in [6.45, 7) is 4.23. The summed E-state index contributed by atoms with van der Waals surface area (Å²) in [5, 5.41) is 7.25. The molecule has 3 saturated heterocycles. The van der Waals surface area contributed by atoms with Crippen molar-refractivity contribution in [2.24, 2.45) is 11.8 Å². The number of fused-ring (bicyclic) bond motifs is 3. The number of nitrogens with zero attached hydrogens (tertiary/aromatic N) is 1. The van der Waals surface area contributed by atoms with E-state index in [1.807, 2.05) is 6.92 Å². The fourth-order valence-corrected chi connectivity index (χ4v) is 4.05. The summed E-state index contributed by atoms with van der Waals surface area (Å²) in [6.07, 6.45) is 3.40. The normalized spacial score (nSPS) is 45.6. The molecular formula is C13H23N3O. The van der Waals surface area contributed by atoms with Crippen LogP contribution in [-0.2, 0) is 4.79 Å². The molecule has 0 saturated carbocycles. The number of nitrogens with one attached hydrogen (secondary N) is 2. The van der Waals surface area contributed by atoms with Gasteiger partial charge in [0.2, 0.25) is 0 Å². The van der Waals surface area contributed by atoms with Crippen LogP contribution in [0.15, 0.2) is 0 Å². The van der Waals surface area contributed by atoms with Crippen molar-refractivity contribution >= 4 is 5.78 Å². The molecule has 0 amide bonds. The molecule has 17 heavy (non-hydrogen) atoms. The average Bonchev–Trinajstić information content (AvgIpc) is 2.86. The second-order valence-electron chi connectivity index (χ2n) is 5.78. The van der Waals surface area contributed by atoms with Crippen LogP contribution in [0.25, 0.3) is 0 Å². The molecule has 0 aromatic heterocycles. The van der Waals surface area contributed by atoms with Gasteiger partial charge in [-0.25, -0.2) is 0 Å². The molecule has 5 unspecified atom stereocenters. The summed E-state index contributed by atoms with van der Waals surface area (Å²) in [4.78, 5) is 14.2. The number of likely N-dealkylation sites (N-methyl/N-ethyl adjacent to an activating group) is 1. The van der Waals surface area contributed by atoms with Crippen molar-refractivity contribution in [3.63, 3.8) is 0 Å². The third-order valence-corrected chi connectivity index (χ3v) is 5.02. The predicted octanol–water partition coefficient (Wildman–Crippen LogP) is 0.193. The lowest BCUT2D eigenvalue weighted by Crippen LogP contribution is -2.48. The summed E-state index contributed by atoms with van der Waals surface area (Å²) in [7, 11) is 2.11. The molecule has 0 aliphatic carbocycles. The first-order valence-electron chi connectivity index (χ1n) is 6.93. The summed E-state index contributed by atoms with van der Waals surface area (Å²) < 4.78 is 0. The molecule has 3 aliphatic rings. The van der Waals surface area contributed by atoms with Crippen LogP contribution < -0.4 is 10.6 Å². The fourth-order valence-electron chi connectivity index (χ4n) is 4.05. The summed E-state index contributed by atoms with van der Waals surface area (Å²) >= 11 is 0. The quantitative estimate of drug-likeness (QED) is 0.720. The van der Waals surface area contributed by atoms with E-state index < -0.39 is 0 Å². The first kappa shape index (κ1) is 11.6. The summed E-state index contributed by atoms with van der Waals surface area (Å²) in [5.41, 5.74) is 0. The number of hydrogen-bond acceptors (Lipinski definition) is 4. The Labute approximate surface area is 103 Å². The molecule has 0 aromatic rings. The molecule has 3 aliphatic heterocycles. The Balaban J connectivity index is 1.75. The fraction of sp³-hybridized carbons (Fsp3) is 0.923. The van der Waals surface area contributed by atoms with Crippen LogP contribution in [0.3, 0.4) is 0 Å². The zero-order chi connectivity index (χ0) is 12.0. The topological polar surface area (TPSA) is 44.4 Å². The van der Waals surface area contributed by atoms with Crippen molar-refractivity contribution in [3.05, 3.63) is 0 Å². The van der Waals surface area contributed by atoms with Gasteiger partial charge < -0.3 is 5.32 Å². The van der Waals surface area contributed by atoms with E-state index in [9.17, 15) is 4.79 Å². The van der Waals surface area contributed by atoms with E-state index >= 15 is 0 Å². The number of piperidine rings is 1. The highest BCUT2D eigenvalue weighted by Crippen LogP contribution is 2.41. The van der Waals surface area contributed by atoms with Crippen LogP contribution in [0.5, 0.6) is 0 Å². The molecule has 96 valence electrons. The van der Waals surface area contributed by atoms with Gasteiger partial charge in [0.1, 0.15) is 5.78 Å². The van der Waals surface area contributed by atoms with Crippen LogP contribution in [-0.4, -0.2) is 49.1 Å². The van der Waals surface area contributed by atoms with Gasteiger partial charge in [-0.05, 0) is 44.8 Å². The molecule has 0 spiro atoms. The summed E-state index contributed by atoms with van der Waals surface area (Å²) in [6, 6.07) is 0.830. The molecule has 5 atom stereocenters. The van der Waals surface area contributed by atoms with E-state index in [4.69, 9.17) is 0 Å². The monoisotopic (exact) mass is 237 g/mol. The number of Topliss-reactive ketones (excluding diaryl/α,β-unsaturated/α-hetero) is 1. The molecular weight excluding hydrogens is 214 g/mol. The lowest BCUT2D eigenvalue weighted by Gasteiger charge is -2.30. The van der Waals surface area contributed by atoms with Crippen molar-refractivity contribution in [3.8, 4) is 0 Å². The average molecular weight is 237 g/mol. The number of likely N-dealkylation sites (tertiary alicyclic amines) is 1. The molecule has 0 bridgehead atoms. The van der Waals surface area contributed by atoms with Crippen molar-refractivity contribution in [2.45, 2.75) is 44.4 Å². The van der Waals surface area contributed by atoms with Gasteiger partial charge in [0.25, 0.3) is 0 Å². The van der Waals surface area contributed by atoms with Gasteiger partial charge in [-0.2, -0.15) is 0 Å². The van der Waals surface area contributed by atoms with Gasteiger partial charge in [-0.3, -0.25) is 15.0 Å². The molecule has 0 aromatic carbocycles. The third-order valence-electron chi connectivity index (χ3n) is 5.02. The molecule has 3 heterocycles. The standard InChI is InChI=1S/C13H23N3O/c1-3-12(17)11-6-8-9-7-14-5-4-10(9)15-13(8)16(11)2/h8-11,13-15H,3-7H2,1-2H3. The number of carbonyl (C=O) groups excluding carboxylic acids is 1. The van der Waals surface area contributed by atoms with Crippen molar-refractivity contribution < 1.29 is 4.79 Å². The number of rotatable bonds is 2. The van der Waals surface area contributed by atoms with Gasteiger partial charge in [0.15, 0.2) is 0 Å². The van der Waals surface area contributed by atoms with Crippen molar-refractivity contribution in [2.75, 3.05) is 20.1 Å². The zero-order valence-electron chi connectivity index (χ0n) is 10.8. The summed E-state index contributed by atoms with van der Waals surface area (Å²) in [5.74, 6) is 1.80. The molecule has 2 N–H and O–H groups in total. The molecule has 3 fully saturated rings. The largest absolute Gasteiger partial charge is 0.316 e. The molecule has 4 heteroatoms. The van der Waals surface area contributed by atoms with E-state index in [1.54, 1.807) is 0 Å². The van der Waals surface area contributed by atoms with Crippen LogP contribution >= 0.6 is 0 Å². The smallest absolute Gasteiger partial charge is 0.149 e. The van der Waals surface area contributed by atoms with Crippen LogP contribution in [0, 0.1) is 11.8 Å². The number of carbonyl (C=O) groups is 1. The van der Waals surface area contributed by atoms with Gasteiger partial charge >= 0.3 is 0 Å². The van der Waals surface area contributed by atoms with Crippen molar-refractivity contribution in [1.29, 1.82) is 0 Å². The lowest BCUT2D eigenvalue weighted by molar-refractivity contribution is -0.123. The Morgan fingerprint density at radius 1 is 1.41 bits per heavy atom. The Morgan fingerprint density at radius 2 is 2.24 bits per heavy atom. The van der Waals surface area contributed by atoms with Gasteiger partial charge in [0.05, 0.1) is 12.2 Å².